The lowest BCUT2D eigenvalue weighted by atomic mass is 9.84. The van der Waals surface area contributed by atoms with Crippen LogP contribution in [0.15, 0.2) is 22.4 Å². The highest BCUT2D eigenvalue weighted by Crippen LogP contribution is 2.50. The zero-order valence-electron chi connectivity index (χ0n) is 17.3. The predicted octanol–water partition coefficient (Wildman–Crippen LogP) is 4.34. The lowest BCUT2D eigenvalue weighted by molar-refractivity contribution is -0.161. The number of carbonyl (C=O) groups excluding carboxylic acids is 2. The molecule has 142 valence electrons. The molecule has 1 amide bonds. The quantitative estimate of drug-likeness (QED) is 0.400. The summed E-state index contributed by atoms with van der Waals surface area (Å²) in [4.78, 5) is 27.1. The summed E-state index contributed by atoms with van der Waals surface area (Å²) in [6, 6.07) is 3.58. The summed E-state index contributed by atoms with van der Waals surface area (Å²) in [6.07, 6.45) is 2.99. The van der Waals surface area contributed by atoms with E-state index in [0.29, 0.717) is 12.8 Å². The average Bonchev–Trinajstić information content (AvgIpc) is 3.02. The molecule has 0 heterocycles. The number of ether oxygens (including phenoxy) is 1. The fraction of sp³-hybridized carbons (Fsp3) is 0.700. The fourth-order valence-corrected chi connectivity index (χ4v) is 8.41. The molecule has 5 heteroatoms. The van der Waals surface area contributed by atoms with Crippen molar-refractivity contribution in [2.24, 2.45) is 5.41 Å². The van der Waals surface area contributed by atoms with E-state index < -0.39 is 19.5 Å². The highest BCUT2D eigenvalue weighted by Gasteiger charge is 2.54. The lowest BCUT2D eigenvalue weighted by Crippen LogP contribution is -2.45. The Labute approximate surface area is 154 Å². The Morgan fingerprint density at radius 3 is 2.04 bits per heavy atom. The number of hydrogen-bond acceptors (Lipinski definition) is 3. The van der Waals surface area contributed by atoms with Crippen molar-refractivity contribution < 1.29 is 14.3 Å². The molecule has 1 aliphatic carbocycles. The van der Waals surface area contributed by atoms with Crippen LogP contribution in [0.2, 0.25) is 18.1 Å². The van der Waals surface area contributed by atoms with Gasteiger partial charge in [0.25, 0.3) is 0 Å². The van der Waals surface area contributed by atoms with Gasteiger partial charge in [-0.2, -0.15) is 0 Å². The van der Waals surface area contributed by atoms with Crippen LogP contribution in [-0.4, -0.2) is 46.1 Å². The molecule has 0 radical (unpaired) electrons. The minimum Gasteiger partial charge on any atom is -0.468 e. The third-order valence-electron chi connectivity index (χ3n) is 6.38. The van der Waals surface area contributed by atoms with Crippen molar-refractivity contribution in [1.29, 1.82) is 0 Å². The van der Waals surface area contributed by atoms with E-state index in [1.54, 1.807) is 14.1 Å². The summed E-state index contributed by atoms with van der Waals surface area (Å²) in [5.41, 5.74) is 1.28. The van der Waals surface area contributed by atoms with Gasteiger partial charge in [0.1, 0.15) is 0 Å². The first-order valence-electron chi connectivity index (χ1n) is 9.35. The fourth-order valence-electron chi connectivity index (χ4n) is 4.43. The van der Waals surface area contributed by atoms with Gasteiger partial charge in [-0.05, 0) is 37.8 Å². The van der Waals surface area contributed by atoms with Gasteiger partial charge in [0.15, 0.2) is 5.41 Å². The van der Waals surface area contributed by atoms with Crippen molar-refractivity contribution in [3.8, 4) is 0 Å². The van der Waals surface area contributed by atoms with Crippen molar-refractivity contribution in [3.63, 3.8) is 0 Å². The second-order valence-electron chi connectivity index (χ2n) is 7.39. The van der Waals surface area contributed by atoms with Crippen molar-refractivity contribution >= 4 is 20.0 Å². The Morgan fingerprint density at radius 1 is 1.16 bits per heavy atom. The Bertz CT molecular complexity index is 579. The van der Waals surface area contributed by atoms with Crippen LogP contribution in [0.1, 0.15) is 47.5 Å². The third kappa shape index (κ3) is 3.62. The van der Waals surface area contributed by atoms with E-state index in [1.807, 2.05) is 6.92 Å². The molecule has 0 aromatic rings. The minimum atomic E-state index is -1.55. The van der Waals surface area contributed by atoms with Crippen molar-refractivity contribution in [1.82, 2.24) is 4.90 Å². The average molecular weight is 366 g/mol. The molecule has 25 heavy (non-hydrogen) atoms. The van der Waals surface area contributed by atoms with Crippen molar-refractivity contribution in [3.05, 3.63) is 22.4 Å². The number of esters is 1. The van der Waals surface area contributed by atoms with Crippen LogP contribution in [-0.2, 0) is 14.3 Å². The number of hydrogen-bond donors (Lipinski definition) is 0. The summed E-state index contributed by atoms with van der Waals surface area (Å²) < 4.78 is 5.07. The van der Waals surface area contributed by atoms with Gasteiger partial charge in [-0.3, -0.25) is 9.59 Å². The summed E-state index contributed by atoms with van der Waals surface area (Å²) in [5.74, 6) is -0.566. The maximum Gasteiger partial charge on any atom is 0.322 e. The molecule has 0 spiro atoms. The Balaban J connectivity index is 3.58. The van der Waals surface area contributed by atoms with Crippen molar-refractivity contribution in [2.45, 2.75) is 65.6 Å². The Hall–Kier alpha value is -1.36. The highest BCUT2D eigenvalue weighted by molar-refractivity contribution is 6.86. The molecular formula is C20H35NO3Si. The summed E-state index contributed by atoms with van der Waals surface area (Å²) >= 11 is 0. The zero-order valence-corrected chi connectivity index (χ0v) is 18.3. The summed E-state index contributed by atoms with van der Waals surface area (Å²) in [5, 5.41) is 1.46. The predicted molar refractivity (Wildman–Crippen MR) is 106 cm³/mol. The van der Waals surface area contributed by atoms with Crippen molar-refractivity contribution in [2.75, 3.05) is 21.2 Å². The molecule has 4 nitrogen and oxygen atoms in total. The normalized spacial score (nSPS) is 24.4. The van der Waals surface area contributed by atoms with Crippen LogP contribution in [0.3, 0.4) is 0 Å². The molecule has 0 bridgehead atoms. The van der Waals surface area contributed by atoms with Gasteiger partial charge in [0, 0.05) is 14.1 Å². The molecule has 0 aromatic carbocycles. The maximum atomic E-state index is 12.9. The zero-order chi connectivity index (χ0) is 19.4. The number of amides is 1. The lowest BCUT2D eigenvalue weighted by Gasteiger charge is -2.32. The molecule has 1 atom stereocenters. The van der Waals surface area contributed by atoms with Gasteiger partial charge in [-0.15, -0.1) is 0 Å². The van der Waals surface area contributed by atoms with Gasteiger partial charge < -0.3 is 9.64 Å². The molecule has 1 saturated carbocycles. The standard InChI is InChI=1S/C20H35NO3Si/c1-9-16-13-20(19(23)24-8,18(22)21(6)7)14-17(16)15(5)25(10-2,11-3)12-4/h9H,10-14H2,1-8H3/b16-9+,17-15-. The van der Waals surface area contributed by atoms with Crippen LogP contribution in [0.4, 0.5) is 0 Å². The first kappa shape index (κ1) is 21.7. The van der Waals surface area contributed by atoms with Gasteiger partial charge in [-0.25, -0.2) is 0 Å². The molecule has 0 aromatic heterocycles. The van der Waals surface area contributed by atoms with Gasteiger partial charge in [0.2, 0.25) is 5.91 Å². The van der Waals surface area contributed by atoms with Gasteiger partial charge >= 0.3 is 5.97 Å². The minimum absolute atomic E-state index is 0.154. The summed E-state index contributed by atoms with van der Waals surface area (Å²) in [7, 11) is 3.24. The van der Waals surface area contributed by atoms with E-state index in [-0.39, 0.29) is 5.91 Å². The maximum absolute atomic E-state index is 12.9. The SMILES string of the molecule is C/C=C1\CC(C(=O)OC)(C(=O)N(C)C)C\C1=C(/C)[Si](CC)(CC)CC. The Morgan fingerprint density at radius 2 is 1.68 bits per heavy atom. The van der Waals surface area contributed by atoms with Crippen LogP contribution in [0.5, 0.6) is 0 Å². The molecule has 0 N–H and O–H groups in total. The molecule has 1 fully saturated rings. The molecule has 1 unspecified atom stereocenters. The molecule has 0 aliphatic heterocycles. The van der Waals surface area contributed by atoms with E-state index in [2.05, 4.69) is 33.8 Å². The topological polar surface area (TPSA) is 46.6 Å². The van der Waals surface area contributed by atoms with E-state index >= 15 is 0 Å². The molecule has 1 rings (SSSR count). The van der Waals surface area contributed by atoms with E-state index in [4.69, 9.17) is 4.74 Å². The Kier molecular flexibility index (Phi) is 7.24. The largest absolute Gasteiger partial charge is 0.468 e. The van der Waals surface area contributed by atoms with Gasteiger partial charge in [0.05, 0.1) is 15.2 Å². The third-order valence-corrected chi connectivity index (χ3v) is 12.3. The number of rotatable bonds is 6. The number of nitrogens with zero attached hydrogens (tertiary/aromatic N) is 1. The van der Waals surface area contributed by atoms with Crippen LogP contribution >= 0.6 is 0 Å². The number of carbonyl (C=O) groups is 2. The molecule has 1 aliphatic rings. The van der Waals surface area contributed by atoms with Crippen LogP contribution in [0, 0.1) is 5.41 Å². The second-order valence-corrected chi connectivity index (χ2v) is 12.8. The molecular weight excluding hydrogens is 330 g/mol. The summed E-state index contributed by atoms with van der Waals surface area (Å²) in [6.45, 7) is 11.1. The second kappa shape index (κ2) is 8.34. The smallest absolute Gasteiger partial charge is 0.322 e. The number of methoxy groups -OCH3 is 1. The molecule has 0 saturated heterocycles. The van der Waals surface area contributed by atoms with E-state index in [1.165, 1.54) is 40.9 Å². The number of allylic oxidation sites excluding steroid dienone is 4. The first-order valence-corrected chi connectivity index (χ1v) is 12.0. The van der Waals surface area contributed by atoms with E-state index in [9.17, 15) is 9.59 Å². The first-order chi connectivity index (χ1) is 11.7. The van der Waals surface area contributed by atoms with Crippen LogP contribution < -0.4 is 0 Å². The van der Waals surface area contributed by atoms with E-state index in [0.717, 1.165) is 5.57 Å². The van der Waals surface area contributed by atoms with Gasteiger partial charge in [-0.1, -0.05) is 50.2 Å². The highest BCUT2D eigenvalue weighted by atomic mass is 28.3. The van der Waals surface area contributed by atoms with Crippen LogP contribution in [0.25, 0.3) is 0 Å². The monoisotopic (exact) mass is 365 g/mol.